The monoisotopic (exact) mass is 154 g/mol. The van der Waals surface area contributed by atoms with E-state index in [1.807, 2.05) is 13.8 Å². The Morgan fingerprint density at radius 3 is 2.55 bits per heavy atom. The maximum absolute atomic E-state index is 10.7. The molecule has 0 aliphatic rings. The number of ketones is 1. The van der Waals surface area contributed by atoms with Gasteiger partial charge in [0.25, 0.3) is 0 Å². The number of carbonyl (C=O) groups excluding carboxylic acids is 1. The predicted octanol–water partition coefficient (Wildman–Crippen LogP) is 1.39. The Morgan fingerprint density at radius 2 is 2.18 bits per heavy atom. The van der Waals surface area contributed by atoms with Crippen LogP contribution in [0.3, 0.4) is 0 Å². The van der Waals surface area contributed by atoms with E-state index in [2.05, 4.69) is 5.92 Å². The summed E-state index contributed by atoms with van der Waals surface area (Å²) in [6.07, 6.45) is 5.42. The first-order valence-corrected chi connectivity index (χ1v) is 3.55. The van der Waals surface area contributed by atoms with Crippen molar-refractivity contribution >= 4 is 5.78 Å². The maximum atomic E-state index is 10.7. The molecule has 0 N–H and O–H groups in total. The SMILES string of the molecule is C#CCOC(C)(C)CC(C)=O. The van der Waals surface area contributed by atoms with Gasteiger partial charge in [0.2, 0.25) is 0 Å². The molecule has 0 spiro atoms. The quantitative estimate of drug-likeness (QED) is 0.572. The van der Waals surface area contributed by atoms with Crippen LogP contribution >= 0.6 is 0 Å². The lowest BCUT2D eigenvalue weighted by atomic mass is 10.0. The van der Waals surface area contributed by atoms with Gasteiger partial charge in [-0.2, -0.15) is 0 Å². The van der Waals surface area contributed by atoms with Crippen LogP contribution in [-0.2, 0) is 9.53 Å². The van der Waals surface area contributed by atoms with Gasteiger partial charge in [-0.15, -0.1) is 6.42 Å². The molecule has 0 saturated heterocycles. The standard InChI is InChI=1S/C9H14O2/c1-5-6-11-9(3,4)7-8(2)10/h1H,6-7H2,2-4H3. The van der Waals surface area contributed by atoms with Gasteiger partial charge in [0.15, 0.2) is 0 Å². The zero-order valence-corrected chi connectivity index (χ0v) is 7.31. The van der Waals surface area contributed by atoms with E-state index in [1.54, 1.807) is 6.92 Å². The number of terminal acetylenes is 1. The summed E-state index contributed by atoms with van der Waals surface area (Å²) in [5, 5.41) is 0. The number of carbonyl (C=O) groups is 1. The van der Waals surface area contributed by atoms with Crippen molar-refractivity contribution in [1.29, 1.82) is 0 Å². The lowest BCUT2D eigenvalue weighted by Crippen LogP contribution is -2.27. The van der Waals surface area contributed by atoms with Crippen LogP contribution in [0.1, 0.15) is 27.2 Å². The van der Waals surface area contributed by atoms with Gasteiger partial charge in [0.05, 0.1) is 5.60 Å². The van der Waals surface area contributed by atoms with Gasteiger partial charge < -0.3 is 4.74 Å². The highest BCUT2D eigenvalue weighted by Crippen LogP contribution is 2.13. The van der Waals surface area contributed by atoms with E-state index in [0.29, 0.717) is 6.42 Å². The highest BCUT2D eigenvalue weighted by molar-refractivity contribution is 5.76. The molecule has 2 nitrogen and oxygen atoms in total. The number of ether oxygens (including phenoxy) is 1. The summed E-state index contributed by atoms with van der Waals surface area (Å²) in [5.41, 5.74) is -0.418. The van der Waals surface area contributed by atoms with Crippen molar-refractivity contribution in [2.75, 3.05) is 6.61 Å². The van der Waals surface area contributed by atoms with Crippen LogP contribution in [0.4, 0.5) is 0 Å². The van der Waals surface area contributed by atoms with Crippen molar-refractivity contribution in [3.63, 3.8) is 0 Å². The number of hydrogen-bond acceptors (Lipinski definition) is 2. The molecule has 0 aliphatic heterocycles. The Labute approximate surface area is 67.9 Å². The van der Waals surface area contributed by atoms with Crippen LogP contribution in [0, 0.1) is 12.3 Å². The van der Waals surface area contributed by atoms with Crippen molar-refractivity contribution < 1.29 is 9.53 Å². The summed E-state index contributed by atoms with van der Waals surface area (Å²) >= 11 is 0. The largest absolute Gasteiger partial charge is 0.362 e. The molecule has 62 valence electrons. The molecule has 0 unspecified atom stereocenters. The van der Waals surface area contributed by atoms with Crippen LogP contribution in [0.5, 0.6) is 0 Å². The summed E-state index contributed by atoms with van der Waals surface area (Å²) in [7, 11) is 0. The molecule has 11 heavy (non-hydrogen) atoms. The highest BCUT2D eigenvalue weighted by Gasteiger charge is 2.19. The van der Waals surface area contributed by atoms with E-state index in [1.165, 1.54) is 0 Å². The third-order valence-electron chi connectivity index (χ3n) is 1.22. The van der Waals surface area contributed by atoms with E-state index in [0.717, 1.165) is 0 Å². The second kappa shape index (κ2) is 4.15. The summed E-state index contributed by atoms with van der Waals surface area (Å²) in [5.74, 6) is 2.48. The van der Waals surface area contributed by atoms with Crippen LogP contribution in [0.25, 0.3) is 0 Å². The minimum absolute atomic E-state index is 0.118. The van der Waals surface area contributed by atoms with Gasteiger partial charge in [0.1, 0.15) is 12.4 Å². The zero-order chi connectivity index (χ0) is 8.91. The highest BCUT2D eigenvalue weighted by atomic mass is 16.5. The average molecular weight is 154 g/mol. The summed E-state index contributed by atoms with van der Waals surface area (Å²) in [6.45, 7) is 5.51. The fraction of sp³-hybridized carbons (Fsp3) is 0.667. The topological polar surface area (TPSA) is 26.3 Å². The normalized spacial score (nSPS) is 10.7. The number of hydrogen-bond donors (Lipinski definition) is 0. The summed E-state index contributed by atoms with van der Waals surface area (Å²) in [6, 6.07) is 0. The second-order valence-electron chi connectivity index (χ2n) is 3.13. The van der Waals surface area contributed by atoms with Crippen molar-refractivity contribution in [2.24, 2.45) is 0 Å². The average Bonchev–Trinajstić information content (AvgIpc) is 1.81. The number of rotatable bonds is 4. The van der Waals surface area contributed by atoms with E-state index < -0.39 is 5.60 Å². The number of Topliss-reactive ketones (excluding diaryl/α,β-unsaturated/α-hetero) is 1. The van der Waals surface area contributed by atoms with Gasteiger partial charge in [-0.05, 0) is 20.8 Å². The Balaban J connectivity index is 3.81. The van der Waals surface area contributed by atoms with E-state index >= 15 is 0 Å². The molecule has 0 aliphatic carbocycles. The molecule has 0 aromatic carbocycles. The maximum Gasteiger partial charge on any atom is 0.132 e. The van der Waals surface area contributed by atoms with Gasteiger partial charge in [-0.1, -0.05) is 5.92 Å². The Morgan fingerprint density at radius 1 is 1.64 bits per heavy atom. The first-order valence-electron chi connectivity index (χ1n) is 3.55. The lowest BCUT2D eigenvalue weighted by molar-refractivity contribution is -0.122. The minimum atomic E-state index is -0.418. The molecule has 2 heteroatoms. The first kappa shape index (κ1) is 10.2. The third kappa shape index (κ3) is 5.63. The molecular weight excluding hydrogens is 140 g/mol. The Bertz CT molecular complexity index is 174. The molecule has 0 fully saturated rings. The van der Waals surface area contributed by atoms with Crippen LogP contribution in [-0.4, -0.2) is 18.0 Å². The van der Waals surface area contributed by atoms with Crippen molar-refractivity contribution in [2.45, 2.75) is 32.8 Å². The van der Waals surface area contributed by atoms with E-state index in [9.17, 15) is 4.79 Å². The van der Waals surface area contributed by atoms with Crippen LogP contribution in [0.2, 0.25) is 0 Å². The molecule has 0 heterocycles. The molecule has 0 aromatic rings. The van der Waals surface area contributed by atoms with Crippen LogP contribution < -0.4 is 0 Å². The molecular formula is C9H14O2. The van der Waals surface area contributed by atoms with Crippen molar-refractivity contribution in [3.8, 4) is 12.3 Å². The Kier molecular flexibility index (Phi) is 3.84. The Hall–Kier alpha value is -0.810. The lowest BCUT2D eigenvalue weighted by Gasteiger charge is -2.22. The van der Waals surface area contributed by atoms with E-state index in [-0.39, 0.29) is 12.4 Å². The van der Waals surface area contributed by atoms with Gasteiger partial charge >= 0.3 is 0 Å². The molecule has 0 radical (unpaired) electrons. The molecule has 0 bridgehead atoms. The minimum Gasteiger partial charge on any atom is -0.362 e. The molecule has 0 rings (SSSR count). The molecule has 0 amide bonds. The summed E-state index contributed by atoms with van der Waals surface area (Å²) in [4.78, 5) is 10.7. The predicted molar refractivity (Wildman–Crippen MR) is 44.2 cm³/mol. The van der Waals surface area contributed by atoms with Crippen LogP contribution in [0.15, 0.2) is 0 Å². The smallest absolute Gasteiger partial charge is 0.132 e. The molecule has 0 saturated carbocycles. The third-order valence-corrected chi connectivity index (χ3v) is 1.22. The fourth-order valence-corrected chi connectivity index (χ4v) is 0.888. The molecule has 0 atom stereocenters. The molecule has 0 aromatic heterocycles. The van der Waals surface area contributed by atoms with Gasteiger partial charge in [0, 0.05) is 6.42 Å². The first-order chi connectivity index (χ1) is 4.98. The second-order valence-corrected chi connectivity index (χ2v) is 3.13. The van der Waals surface area contributed by atoms with Gasteiger partial charge in [-0.25, -0.2) is 0 Å². The van der Waals surface area contributed by atoms with Crippen molar-refractivity contribution in [1.82, 2.24) is 0 Å². The zero-order valence-electron chi connectivity index (χ0n) is 7.31. The van der Waals surface area contributed by atoms with E-state index in [4.69, 9.17) is 11.2 Å². The summed E-state index contributed by atoms with van der Waals surface area (Å²) < 4.78 is 5.23. The van der Waals surface area contributed by atoms with Crippen molar-refractivity contribution in [3.05, 3.63) is 0 Å². The fourth-order valence-electron chi connectivity index (χ4n) is 0.888. The van der Waals surface area contributed by atoms with Gasteiger partial charge in [-0.3, -0.25) is 4.79 Å².